The highest BCUT2D eigenvalue weighted by molar-refractivity contribution is 9.11. The van der Waals surface area contributed by atoms with Gasteiger partial charge in [-0.15, -0.1) is 11.3 Å². The minimum Gasteiger partial charge on any atom is -0.380 e. The van der Waals surface area contributed by atoms with Crippen LogP contribution in [0, 0.1) is 11.3 Å². The maximum Gasteiger partial charge on any atom is 0.101 e. The van der Waals surface area contributed by atoms with Crippen molar-refractivity contribution in [3.8, 4) is 6.07 Å². The van der Waals surface area contributed by atoms with Gasteiger partial charge in [0, 0.05) is 11.6 Å². The number of nitrogens with one attached hydrogen (secondary N) is 1. The standard InChI is InChI=1S/C12H8BrClN2S/c13-12-3-8(7-17-12)6-16-11-4-10(14)2-1-9(11)5-15/h1-4,7,16H,6H2. The first kappa shape index (κ1) is 12.4. The van der Waals surface area contributed by atoms with Gasteiger partial charge in [-0.1, -0.05) is 11.6 Å². The van der Waals surface area contributed by atoms with Crippen LogP contribution in [0.1, 0.15) is 11.1 Å². The predicted molar refractivity (Wildman–Crippen MR) is 75.5 cm³/mol. The van der Waals surface area contributed by atoms with Crippen molar-refractivity contribution in [3.05, 3.63) is 49.6 Å². The largest absolute Gasteiger partial charge is 0.380 e. The molecule has 0 fully saturated rings. The monoisotopic (exact) mass is 326 g/mol. The number of hydrogen-bond acceptors (Lipinski definition) is 3. The molecule has 0 aliphatic carbocycles. The maximum atomic E-state index is 8.97. The SMILES string of the molecule is N#Cc1ccc(Cl)cc1NCc1csc(Br)c1. The third-order valence-electron chi connectivity index (χ3n) is 2.21. The molecule has 2 aromatic rings. The molecule has 0 saturated carbocycles. The zero-order valence-electron chi connectivity index (χ0n) is 8.71. The van der Waals surface area contributed by atoms with Gasteiger partial charge in [-0.05, 0) is 51.1 Å². The van der Waals surface area contributed by atoms with Gasteiger partial charge in [-0.3, -0.25) is 0 Å². The number of thiophene rings is 1. The molecule has 0 aliphatic rings. The fraction of sp³-hybridized carbons (Fsp3) is 0.0833. The molecule has 0 aliphatic heterocycles. The highest BCUT2D eigenvalue weighted by Crippen LogP contribution is 2.24. The van der Waals surface area contributed by atoms with E-state index in [0.29, 0.717) is 17.1 Å². The predicted octanol–water partition coefficient (Wildman–Crippen LogP) is 4.65. The first-order chi connectivity index (χ1) is 8.19. The molecule has 0 spiro atoms. The quantitative estimate of drug-likeness (QED) is 0.891. The molecule has 5 heteroatoms. The van der Waals surface area contributed by atoms with Crippen LogP contribution in [0.3, 0.4) is 0 Å². The Morgan fingerprint density at radius 3 is 2.88 bits per heavy atom. The Labute approximate surface area is 117 Å². The molecule has 1 aromatic carbocycles. The molecule has 2 rings (SSSR count). The van der Waals surface area contributed by atoms with Crippen molar-refractivity contribution in [1.29, 1.82) is 5.26 Å². The van der Waals surface area contributed by atoms with Gasteiger partial charge in [-0.25, -0.2) is 0 Å². The molecule has 0 amide bonds. The second-order valence-electron chi connectivity index (χ2n) is 3.41. The van der Waals surface area contributed by atoms with Crippen molar-refractivity contribution in [2.24, 2.45) is 0 Å². The van der Waals surface area contributed by atoms with E-state index in [1.54, 1.807) is 29.5 Å². The third kappa shape index (κ3) is 3.22. The number of halogens is 2. The van der Waals surface area contributed by atoms with Crippen molar-refractivity contribution in [1.82, 2.24) is 0 Å². The van der Waals surface area contributed by atoms with E-state index in [4.69, 9.17) is 16.9 Å². The lowest BCUT2D eigenvalue weighted by Crippen LogP contribution is -2.00. The average Bonchev–Trinajstić information content (AvgIpc) is 2.73. The van der Waals surface area contributed by atoms with Crippen molar-refractivity contribution in [3.63, 3.8) is 0 Å². The van der Waals surface area contributed by atoms with E-state index in [1.807, 2.05) is 6.07 Å². The van der Waals surface area contributed by atoms with Crippen molar-refractivity contribution < 1.29 is 0 Å². The highest BCUT2D eigenvalue weighted by Gasteiger charge is 2.03. The molecule has 1 N–H and O–H groups in total. The van der Waals surface area contributed by atoms with Gasteiger partial charge in [0.05, 0.1) is 15.0 Å². The first-order valence-corrected chi connectivity index (χ1v) is 6.90. The molecule has 2 nitrogen and oxygen atoms in total. The maximum absolute atomic E-state index is 8.97. The number of nitrogens with zero attached hydrogens (tertiary/aromatic N) is 1. The summed E-state index contributed by atoms with van der Waals surface area (Å²) in [5.41, 5.74) is 2.54. The molecule has 0 unspecified atom stereocenters. The summed E-state index contributed by atoms with van der Waals surface area (Å²) in [6.45, 7) is 0.678. The fourth-order valence-corrected chi connectivity index (χ4v) is 2.78. The summed E-state index contributed by atoms with van der Waals surface area (Å²) in [6.07, 6.45) is 0. The van der Waals surface area contributed by atoms with Crippen LogP contribution in [0.5, 0.6) is 0 Å². The zero-order valence-corrected chi connectivity index (χ0v) is 11.9. The summed E-state index contributed by atoms with van der Waals surface area (Å²) >= 11 is 11.0. The van der Waals surface area contributed by atoms with Crippen LogP contribution in [-0.4, -0.2) is 0 Å². The molecule has 17 heavy (non-hydrogen) atoms. The van der Waals surface area contributed by atoms with Crippen molar-refractivity contribution in [2.75, 3.05) is 5.32 Å². The van der Waals surface area contributed by atoms with Crippen molar-refractivity contribution >= 4 is 44.6 Å². The number of nitriles is 1. The van der Waals surface area contributed by atoms with Gasteiger partial charge in [0.2, 0.25) is 0 Å². The van der Waals surface area contributed by atoms with Gasteiger partial charge in [0.15, 0.2) is 0 Å². The molecule has 0 bridgehead atoms. The molecule has 0 radical (unpaired) electrons. The summed E-state index contributed by atoms with van der Waals surface area (Å²) in [5.74, 6) is 0. The number of anilines is 1. The van der Waals surface area contributed by atoms with E-state index in [1.165, 1.54) is 5.56 Å². The highest BCUT2D eigenvalue weighted by atomic mass is 79.9. The van der Waals surface area contributed by atoms with Gasteiger partial charge >= 0.3 is 0 Å². The smallest absolute Gasteiger partial charge is 0.101 e. The Balaban J connectivity index is 2.13. The molecule has 86 valence electrons. The Bertz CT molecular complexity index is 574. The summed E-state index contributed by atoms with van der Waals surface area (Å²) < 4.78 is 1.10. The Kier molecular flexibility index (Phi) is 4.06. The van der Waals surface area contributed by atoms with Gasteiger partial charge < -0.3 is 5.32 Å². The van der Waals surface area contributed by atoms with Crippen LogP contribution in [-0.2, 0) is 6.54 Å². The first-order valence-electron chi connectivity index (χ1n) is 4.85. The van der Waals surface area contributed by atoms with Gasteiger partial charge in [0.25, 0.3) is 0 Å². The van der Waals surface area contributed by atoms with Crippen LogP contribution in [0.4, 0.5) is 5.69 Å². The third-order valence-corrected chi connectivity index (χ3v) is 4.00. The lowest BCUT2D eigenvalue weighted by atomic mass is 10.2. The zero-order chi connectivity index (χ0) is 12.3. The van der Waals surface area contributed by atoms with E-state index in [0.717, 1.165) is 9.47 Å². The summed E-state index contributed by atoms with van der Waals surface area (Å²) in [5, 5.41) is 14.9. The van der Waals surface area contributed by atoms with E-state index in [9.17, 15) is 0 Å². The van der Waals surface area contributed by atoms with Crippen LogP contribution >= 0.6 is 38.9 Å². The topological polar surface area (TPSA) is 35.8 Å². The van der Waals surface area contributed by atoms with Gasteiger partial charge in [0.1, 0.15) is 6.07 Å². The van der Waals surface area contributed by atoms with E-state index < -0.39 is 0 Å². The number of benzene rings is 1. The second-order valence-corrected chi connectivity index (χ2v) is 6.14. The lowest BCUT2D eigenvalue weighted by molar-refractivity contribution is 1.16. The molecule has 1 heterocycles. The fourth-order valence-electron chi connectivity index (χ4n) is 1.40. The summed E-state index contributed by atoms with van der Waals surface area (Å²) in [4.78, 5) is 0. The summed E-state index contributed by atoms with van der Waals surface area (Å²) in [7, 11) is 0. The van der Waals surface area contributed by atoms with Crippen LogP contribution in [0.2, 0.25) is 5.02 Å². The van der Waals surface area contributed by atoms with Gasteiger partial charge in [-0.2, -0.15) is 5.26 Å². The minimum absolute atomic E-state index is 0.601. The lowest BCUT2D eigenvalue weighted by Gasteiger charge is -2.07. The van der Waals surface area contributed by atoms with Crippen LogP contribution < -0.4 is 5.32 Å². The van der Waals surface area contributed by atoms with E-state index in [2.05, 4.69) is 32.7 Å². The molecule has 1 aromatic heterocycles. The Morgan fingerprint density at radius 1 is 1.41 bits per heavy atom. The number of hydrogen-bond donors (Lipinski definition) is 1. The minimum atomic E-state index is 0.601. The normalized spacial score (nSPS) is 9.94. The van der Waals surface area contributed by atoms with Crippen molar-refractivity contribution in [2.45, 2.75) is 6.54 Å². The van der Waals surface area contributed by atoms with E-state index >= 15 is 0 Å². The van der Waals surface area contributed by atoms with E-state index in [-0.39, 0.29) is 0 Å². The average molecular weight is 328 g/mol. The Morgan fingerprint density at radius 2 is 2.24 bits per heavy atom. The van der Waals surface area contributed by atoms with Crippen LogP contribution in [0.25, 0.3) is 0 Å². The molecule has 0 saturated heterocycles. The number of rotatable bonds is 3. The Hall–Kier alpha value is -1.02. The molecular formula is C12H8BrClN2S. The van der Waals surface area contributed by atoms with Crippen LogP contribution in [0.15, 0.2) is 33.4 Å². The molecular weight excluding hydrogens is 320 g/mol. The molecule has 0 atom stereocenters. The second kappa shape index (κ2) is 5.54. The summed E-state index contributed by atoms with van der Waals surface area (Å²) in [6, 6.07) is 9.38.